The van der Waals surface area contributed by atoms with Crippen LogP contribution in [0.3, 0.4) is 0 Å². The maximum absolute atomic E-state index is 14.6. The Balaban J connectivity index is 1.32. The number of amides is 4. The fourth-order valence-electron chi connectivity index (χ4n) is 7.35. The molecule has 52 heavy (non-hydrogen) atoms. The number of aromatic nitrogens is 2. The lowest BCUT2D eigenvalue weighted by Gasteiger charge is -2.38. The third kappa shape index (κ3) is 9.03. The zero-order valence-corrected chi connectivity index (χ0v) is 29.6. The van der Waals surface area contributed by atoms with Crippen molar-refractivity contribution in [3.63, 3.8) is 0 Å². The number of carbonyl (C=O) groups excluding carboxylic acids is 4. The van der Waals surface area contributed by atoms with Crippen LogP contribution in [-0.4, -0.2) is 111 Å². The van der Waals surface area contributed by atoms with Crippen LogP contribution in [0.2, 0.25) is 0 Å². The van der Waals surface area contributed by atoms with Crippen molar-refractivity contribution in [2.45, 2.75) is 88.9 Å². The molecule has 3 saturated heterocycles. The average molecular weight is 718 g/mol. The third-order valence-corrected chi connectivity index (χ3v) is 9.92. The van der Waals surface area contributed by atoms with E-state index in [1.54, 1.807) is 35.5 Å². The van der Waals surface area contributed by atoms with E-state index in [0.29, 0.717) is 37.8 Å². The first kappa shape index (κ1) is 37.1. The van der Waals surface area contributed by atoms with Gasteiger partial charge in [0.15, 0.2) is 0 Å². The van der Waals surface area contributed by atoms with Crippen molar-refractivity contribution < 1.29 is 33.4 Å². The van der Waals surface area contributed by atoms with E-state index in [2.05, 4.69) is 21.0 Å². The molecule has 3 aromatic rings. The topological polar surface area (TPSA) is 158 Å². The van der Waals surface area contributed by atoms with Crippen LogP contribution in [0, 0.1) is 11.7 Å². The molecule has 3 aliphatic rings. The van der Waals surface area contributed by atoms with Gasteiger partial charge in [-0.1, -0.05) is 56.3 Å². The number of halogens is 1. The molecule has 4 amide bonds. The number of ether oxygens (including phenoxy) is 1. The largest absolute Gasteiger partial charge is 0.388 e. The maximum Gasteiger partial charge on any atom is 0.246 e. The number of aliphatic hydroxyl groups excluding tert-OH is 1. The molecule has 2 bridgehead atoms. The number of nitrogens with zero attached hydrogens (tertiary/aromatic N) is 4. The van der Waals surface area contributed by atoms with E-state index >= 15 is 0 Å². The van der Waals surface area contributed by atoms with E-state index in [-0.39, 0.29) is 50.2 Å². The monoisotopic (exact) mass is 717 g/mol. The maximum atomic E-state index is 14.6. The van der Waals surface area contributed by atoms with Crippen molar-refractivity contribution in [1.82, 2.24) is 35.5 Å². The molecular weight excluding hydrogens is 669 g/mol. The molecule has 0 saturated carbocycles. The molecule has 1 aromatic heterocycles. The fraction of sp³-hybridized carbons (Fsp3) is 0.500. The highest BCUT2D eigenvalue weighted by atomic mass is 19.1. The van der Waals surface area contributed by atoms with Crippen LogP contribution in [0.5, 0.6) is 0 Å². The van der Waals surface area contributed by atoms with Gasteiger partial charge in [-0.05, 0) is 49.3 Å². The summed E-state index contributed by atoms with van der Waals surface area (Å²) in [5.41, 5.74) is 1.78. The number of aliphatic hydroxyl groups is 1. The second-order valence-electron chi connectivity index (χ2n) is 14.4. The Labute approximate surface area is 302 Å². The van der Waals surface area contributed by atoms with Crippen molar-refractivity contribution in [3.8, 4) is 5.69 Å². The SMILES string of the molecule is CC(C)C[C@H]1NC(=O)[C@H]2CCCN2C(=O)[C@H](Cc2ccccc2)NC(=O)CN(Cc2cnn(-c3ccccc3F)c2)C[C@H]2OCC[C@H](NC1=O)[C@@H]2O. The fourth-order valence-corrected chi connectivity index (χ4v) is 7.35. The summed E-state index contributed by atoms with van der Waals surface area (Å²) in [5.74, 6) is -2.02. The minimum Gasteiger partial charge on any atom is -0.388 e. The first-order valence-electron chi connectivity index (χ1n) is 18.1. The van der Waals surface area contributed by atoms with Gasteiger partial charge in [0.05, 0.1) is 24.9 Å². The Bertz CT molecular complexity index is 1720. The number of rotatable bonds is 7. The minimum atomic E-state index is -1.12. The number of fused-ring (bicyclic) bond motifs is 3. The number of para-hydroxylation sites is 1. The molecule has 3 fully saturated rings. The van der Waals surface area contributed by atoms with Crippen LogP contribution >= 0.6 is 0 Å². The van der Waals surface area contributed by atoms with Crippen LogP contribution in [0.4, 0.5) is 4.39 Å². The van der Waals surface area contributed by atoms with Crippen LogP contribution in [0.1, 0.15) is 50.7 Å². The van der Waals surface area contributed by atoms with E-state index in [1.165, 1.54) is 15.6 Å². The Kier molecular flexibility index (Phi) is 12.0. The van der Waals surface area contributed by atoms with Crippen LogP contribution in [-0.2, 0) is 36.9 Å². The molecule has 0 unspecified atom stereocenters. The number of benzene rings is 2. The molecule has 278 valence electrons. The summed E-state index contributed by atoms with van der Waals surface area (Å²) in [7, 11) is 0. The van der Waals surface area contributed by atoms with Gasteiger partial charge >= 0.3 is 0 Å². The molecule has 0 aliphatic carbocycles. The van der Waals surface area contributed by atoms with Crippen molar-refractivity contribution in [3.05, 3.63) is 83.9 Å². The summed E-state index contributed by atoms with van der Waals surface area (Å²) in [6.07, 6.45) is 3.31. The minimum absolute atomic E-state index is 0.0700. The molecule has 0 radical (unpaired) electrons. The molecule has 0 spiro atoms. The number of carbonyl (C=O) groups is 4. The molecule has 6 atom stereocenters. The van der Waals surface area contributed by atoms with Gasteiger partial charge in [-0.3, -0.25) is 24.1 Å². The van der Waals surface area contributed by atoms with E-state index < -0.39 is 59.9 Å². The van der Waals surface area contributed by atoms with E-state index in [9.17, 15) is 28.7 Å². The van der Waals surface area contributed by atoms with Gasteiger partial charge in [-0.2, -0.15) is 5.10 Å². The van der Waals surface area contributed by atoms with Gasteiger partial charge in [0, 0.05) is 44.4 Å². The Hall–Kier alpha value is -4.66. The van der Waals surface area contributed by atoms with E-state index in [0.717, 1.165) is 5.56 Å². The molecule has 3 aliphatic heterocycles. The van der Waals surface area contributed by atoms with Gasteiger partial charge in [-0.15, -0.1) is 0 Å². The predicted octanol–water partition coefficient (Wildman–Crippen LogP) is 1.71. The van der Waals surface area contributed by atoms with Crippen molar-refractivity contribution in [1.29, 1.82) is 0 Å². The Morgan fingerprint density at radius 2 is 1.71 bits per heavy atom. The number of nitrogens with one attached hydrogen (secondary N) is 3. The van der Waals surface area contributed by atoms with Gasteiger partial charge in [0.1, 0.15) is 35.7 Å². The molecule has 4 heterocycles. The third-order valence-electron chi connectivity index (χ3n) is 9.92. The highest BCUT2D eigenvalue weighted by Crippen LogP contribution is 2.23. The van der Waals surface area contributed by atoms with Gasteiger partial charge in [-0.25, -0.2) is 9.07 Å². The summed E-state index contributed by atoms with van der Waals surface area (Å²) in [6, 6.07) is 12.3. The van der Waals surface area contributed by atoms with Gasteiger partial charge in [0.25, 0.3) is 0 Å². The summed E-state index contributed by atoms with van der Waals surface area (Å²) in [6.45, 7) is 4.62. The smallest absolute Gasteiger partial charge is 0.246 e. The quantitative estimate of drug-likeness (QED) is 0.288. The van der Waals surface area contributed by atoms with Crippen molar-refractivity contribution >= 4 is 23.6 Å². The van der Waals surface area contributed by atoms with Crippen LogP contribution in [0.25, 0.3) is 5.69 Å². The van der Waals surface area contributed by atoms with Crippen molar-refractivity contribution in [2.75, 3.05) is 26.2 Å². The molecular formula is C38H48FN7O6. The summed E-state index contributed by atoms with van der Waals surface area (Å²) >= 11 is 0. The molecule has 14 heteroatoms. The highest BCUT2D eigenvalue weighted by Gasteiger charge is 2.41. The summed E-state index contributed by atoms with van der Waals surface area (Å²) in [4.78, 5) is 59.0. The Morgan fingerprint density at radius 1 is 0.942 bits per heavy atom. The van der Waals surface area contributed by atoms with Crippen LogP contribution < -0.4 is 16.0 Å². The van der Waals surface area contributed by atoms with Gasteiger partial charge in [0.2, 0.25) is 23.6 Å². The normalized spacial score (nSPS) is 26.8. The van der Waals surface area contributed by atoms with Gasteiger partial charge < -0.3 is 30.7 Å². The first-order chi connectivity index (χ1) is 25.0. The molecule has 2 aromatic carbocycles. The zero-order chi connectivity index (χ0) is 36.8. The average Bonchev–Trinajstić information content (AvgIpc) is 3.80. The Morgan fingerprint density at radius 3 is 2.48 bits per heavy atom. The lowest BCUT2D eigenvalue weighted by molar-refractivity contribution is -0.142. The van der Waals surface area contributed by atoms with Crippen LogP contribution in [0.15, 0.2) is 67.0 Å². The summed E-state index contributed by atoms with van der Waals surface area (Å²) < 4.78 is 22.0. The standard InChI is InChI=1S/C38H48FN7O6/c1-24(2)17-29-36(49)42-28-14-16-52-33(35(28)48)22-44(20-26-19-40-46(21-26)31-12-7-6-11-27(31)39)23-34(47)41-30(18-25-9-4-3-5-10-25)38(51)45-15-8-13-32(45)37(50)43-29/h3-7,9-12,19,21,24,28-30,32-33,35,48H,8,13-18,20,22-23H2,1-2H3,(H,41,47)(H,42,49)(H,43,50)/t28-,29+,30-,32+,33+,35-/m0/s1. The number of hydrogen-bond acceptors (Lipinski definition) is 8. The molecule has 4 N–H and O–H groups in total. The lowest BCUT2D eigenvalue weighted by Crippen LogP contribution is -2.60. The predicted molar refractivity (Wildman–Crippen MR) is 189 cm³/mol. The lowest BCUT2D eigenvalue weighted by atomic mass is 9.97. The second kappa shape index (κ2) is 16.8. The summed E-state index contributed by atoms with van der Waals surface area (Å²) in [5, 5.41) is 24.7. The first-order valence-corrected chi connectivity index (χ1v) is 18.1. The highest BCUT2D eigenvalue weighted by molar-refractivity contribution is 5.95. The van der Waals surface area contributed by atoms with E-state index in [4.69, 9.17) is 4.74 Å². The van der Waals surface area contributed by atoms with Crippen molar-refractivity contribution in [2.24, 2.45) is 5.92 Å². The zero-order valence-electron chi connectivity index (χ0n) is 29.6. The molecule has 13 nitrogen and oxygen atoms in total. The van der Waals surface area contributed by atoms with E-state index in [1.807, 2.05) is 44.2 Å². The number of hydrogen-bond donors (Lipinski definition) is 4. The molecule has 6 rings (SSSR count). The second-order valence-corrected chi connectivity index (χ2v) is 14.4.